The van der Waals surface area contributed by atoms with Gasteiger partial charge >= 0.3 is 0 Å². The van der Waals surface area contributed by atoms with E-state index in [1.54, 1.807) is 0 Å². The molecule has 0 spiro atoms. The number of rotatable bonds is 2. The Morgan fingerprint density at radius 3 is 1.60 bits per heavy atom. The molecular weight excluding hydrogens is 184 g/mol. The first-order chi connectivity index (χ1) is 6.63. The Morgan fingerprint density at radius 1 is 0.933 bits per heavy atom. The molecule has 0 atom stereocenters. The predicted octanol–water partition coefficient (Wildman–Crippen LogP) is 2.48. The lowest BCUT2D eigenvalue weighted by molar-refractivity contribution is -0.0211. The molecular formula is C13H28N2. The van der Waals surface area contributed by atoms with Gasteiger partial charge in [0.25, 0.3) is 0 Å². The fourth-order valence-corrected chi connectivity index (χ4v) is 3.91. The molecule has 0 radical (unpaired) electrons. The number of nitrogens with zero attached hydrogens (tertiary/aromatic N) is 1. The molecule has 0 amide bonds. The van der Waals surface area contributed by atoms with Crippen molar-refractivity contribution < 1.29 is 0 Å². The lowest BCUT2D eigenvalue weighted by Crippen LogP contribution is -2.58. The standard InChI is InChI=1S/C13H28N2/c1-11(2)7-12(3,4)9-13(8-11,10-14)15(5)6/h7-10,14H2,1-6H3. The molecule has 2 heteroatoms. The Hall–Kier alpha value is -0.0800. The lowest BCUT2D eigenvalue weighted by atomic mass is 9.58. The van der Waals surface area contributed by atoms with Crippen molar-refractivity contribution >= 4 is 0 Å². The fraction of sp³-hybridized carbons (Fsp3) is 1.00. The van der Waals surface area contributed by atoms with Gasteiger partial charge in [0, 0.05) is 12.1 Å². The van der Waals surface area contributed by atoms with E-state index in [0.717, 1.165) is 6.54 Å². The monoisotopic (exact) mass is 212 g/mol. The van der Waals surface area contributed by atoms with Gasteiger partial charge in [0.05, 0.1) is 0 Å². The summed E-state index contributed by atoms with van der Waals surface area (Å²) in [7, 11) is 4.34. The Labute approximate surface area is 95.2 Å². The second kappa shape index (κ2) is 3.74. The largest absolute Gasteiger partial charge is 0.329 e. The smallest absolute Gasteiger partial charge is 0.0335 e. The summed E-state index contributed by atoms with van der Waals surface area (Å²) in [5, 5.41) is 0. The summed E-state index contributed by atoms with van der Waals surface area (Å²) in [5.74, 6) is 0. The summed E-state index contributed by atoms with van der Waals surface area (Å²) in [5.41, 5.74) is 7.06. The van der Waals surface area contributed by atoms with E-state index >= 15 is 0 Å². The third-order valence-corrected chi connectivity index (χ3v) is 3.90. The van der Waals surface area contributed by atoms with Crippen molar-refractivity contribution in [2.24, 2.45) is 16.6 Å². The summed E-state index contributed by atoms with van der Waals surface area (Å²) in [6, 6.07) is 0. The quantitative estimate of drug-likeness (QED) is 0.762. The summed E-state index contributed by atoms with van der Waals surface area (Å²) in [6.45, 7) is 10.3. The average Bonchev–Trinajstić information content (AvgIpc) is 1.97. The van der Waals surface area contributed by atoms with Gasteiger partial charge in [-0.3, -0.25) is 0 Å². The van der Waals surface area contributed by atoms with Gasteiger partial charge in [-0.25, -0.2) is 0 Å². The van der Waals surface area contributed by atoms with Crippen molar-refractivity contribution in [1.29, 1.82) is 0 Å². The lowest BCUT2D eigenvalue weighted by Gasteiger charge is -2.54. The van der Waals surface area contributed by atoms with E-state index in [1.807, 2.05) is 0 Å². The zero-order valence-electron chi connectivity index (χ0n) is 11.4. The highest BCUT2D eigenvalue weighted by molar-refractivity contribution is 5.03. The van der Waals surface area contributed by atoms with Crippen LogP contribution in [0.1, 0.15) is 47.0 Å². The van der Waals surface area contributed by atoms with Gasteiger partial charge in [0.2, 0.25) is 0 Å². The average molecular weight is 212 g/mol. The van der Waals surface area contributed by atoms with Crippen LogP contribution < -0.4 is 5.73 Å². The summed E-state index contributed by atoms with van der Waals surface area (Å²) >= 11 is 0. The zero-order chi connectivity index (χ0) is 11.9. The molecule has 2 nitrogen and oxygen atoms in total. The molecule has 1 aliphatic rings. The van der Waals surface area contributed by atoms with E-state index in [9.17, 15) is 0 Å². The van der Waals surface area contributed by atoms with Gasteiger partial charge in [-0.15, -0.1) is 0 Å². The van der Waals surface area contributed by atoms with E-state index in [-0.39, 0.29) is 5.54 Å². The van der Waals surface area contributed by atoms with Crippen molar-refractivity contribution in [2.45, 2.75) is 52.5 Å². The van der Waals surface area contributed by atoms with Crippen LogP contribution >= 0.6 is 0 Å². The molecule has 1 saturated carbocycles. The third kappa shape index (κ3) is 2.73. The zero-order valence-corrected chi connectivity index (χ0v) is 11.4. The maximum Gasteiger partial charge on any atom is 0.0335 e. The molecule has 0 aromatic carbocycles. The molecule has 1 fully saturated rings. The molecule has 0 unspecified atom stereocenters. The van der Waals surface area contributed by atoms with Crippen LogP contribution in [0.2, 0.25) is 0 Å². The van der Waals surface area contributed by atoms with Crippen LogP contribution in [0.25, 0.3) is 0 Å². The van der Waals surface area contributed by atoms with E-state index in [4.69, 9.17) is 5.73 Å². The first-order valence-corrected chi connectivity index (χ1v) is 6.00. The maximum absolute atomic E-state index is 6.04. The second-order valence-corrected chi connectivity index (χ2v) is 7.18. The Balaban J connectivity index is 3.00. The SMILES string of the molecule is CN(C)C1(CN)CC(C)(C)CC(C)(C)C1. The van der Waals surface area contributed by atoms with Crippen LogP contribution in [0.15, 0.2) is 0 Å². The molecule has 1 rings (SSSR count). The molecule has 15 heavy (non-hydrogen) atoms. The van der Waals surface area contributed by atoms with Crippen molar-refractivity contribution in [3.63, 3.8) is 0 Å². The molecule has 0 aliphatic heterocycles. The van der Waals surface area contributed by atoms with Gasteiger partial charge in [-0.05, 0) is 44.2 Å². The normalized spacial score (nSPS) is 28.0. The molecule has 1 aliphatic carbocycles. The number of hydrogen-bond donors (Lipinski definition) is 1. The minimum atomic E-state index is 0.200. The topological polar surface area (TPSA) is 29.3 Å². The second-order valence-electron chi connectivity index (χ2n) is 7.18. The minimum absolute atomic E-state index is 0.200. The fourth-order valence-electron chi connectivity index (χ4n) is 3.91. The Bertz CT molecular complexity index is 213. The van der Waals surface area contributed by atoms with Gasteiger partial charge in [-0.1, -0.05) is 27.7 Å². The van der Waals surface area contributed by atoms with E-state index in [1.165, 1.54) is 19.3 Å². The molecule has 90 valence electrons. The van der Waals surface area contributed by atoms with Gasteiger partial charge < -0.3 is 10.6 Å². The number of likely N-dealkylation sites (N-methyl/N-ethyl adjacent to an activating group) is 1. The first-order valence-electron chi connectivity index (χ1n) is 6.00. The summed E-state index contributed by atoms with van der Waals surface area (Å²) in [4.78, 5) is 2.34. The summed E-state index contributed by atoms with van der Waals surface area (Å²) < 4.78 is 0. The van der Waals surface area contributed by atoms with E-state index in [0.29, 0.717) is 10.8 Å². The number of nitrogens with two attached hydrogens (primary N) is 1. The van der Waals surface area contributed by atoms with Gasteiger partial charge in [0.1, 0.15) is 0 Å². The molecule has 0 aromatic heterocycles. The van der Waals surface area contributed by atoms with Crippen LogP contribution in [0.3, 0.4) is 0 Å². The van der Waals surface area contributed by atoms with Crippen LogP contribution in [0, 0.1) is 10.8 Å². The summed E-state index contributed by atoms with van der Waals surface area (Å²) in [6.07, 6.45) is 3.73. The van der Waals surface area contributed by atoms with Crippen molar-refractivity contribution in [3.8, 4) is 0 Å². The van der Waals surface area contributed by atoms with Gasteiger partial charge in [-0.2, -0.15) is 0 Å². The highest BCUT2D eigenvalue weighted by atomic mass is 15.2. The van der Waals surface area contributed by atoms with Crippen molar-refractivity contribution in [2.75, 3.05) is 20.6 Å². The molecule has 2 N–H and O–H groups in total. The van der Waals surface area contributed by atoms with Crippen LogP contribution in [-0.2, 0) is 0 Å². The first kappa shape index (κ1) is 13.0. The van der Waals surface area contributed by atoms with Crippen LogP contribution in [0.4, 0.5) is 0 Å². The molecule has 0 bridgehead atoms. The minimum Gasteiger partial charge on any atom is -0.329 e. The highest BCUT2D eigenvalue weighted by Gasteiger charge is 2.47. The van der Waals surface area contributed by atoms with Crippen LogP contribution in [-0.4, -0.2) is 31.1 Å². The third-order valence-electron chi connectivity index (χ3n) is 3.90. The number of hydrogen-bond acceptors (Lipinski definition) is 2. The van der Waals surface area contributed by atoms with E-state index in [2.05, 4.69) is 46.7 Å². The molecule has 0 heterocycles. The van der Waals surface area contributed by atoms with Crippen LogP contribution in [0.5, 0.6) is 0 Å². The highest BCUT2D eigenvalue weighted by Crippen LogP contribution is 2.51. The van der Waals surface area contributed by atoms with Crippen molar-refractivity contribution in [3.05, 3.63) is 0 Å². The predicted molar refractivity (Wildman–Crippen MR) is 66.9 cm³/mol. The molecule has 0 aromatic rings. The van der Waals surface area contributed by atoms with Crippen molar-refractivity contribution in [1.82, 2.24) is 4.90 Å². The maximum atomic E-state index is 6.04. The molecule has 0 saturated heterocycles. The Kier molecular flexibility index (Phi) is 3.24. The van der Waals surface area contributed by atoms with E-state index < -0.39 is 0 Å². The van der Waals surface area contributed by atoms with Gasteiger partial charge in [0.15, 0.2) is 0 Å². The Morgan fingerprint density at radius 2 is 1.33 bits per heavy atom.